The number of allylic oxidation sites excluding steroid dienone is 2. The Kier molecular flexibility index (Phi) is 5.32. The minimum Gasteiger partial charge on any atom is -0.297 e. The molecule has 0 amide bonds. The minimum atomic E-state index is 0.555. The number of thioether (sulfide) groups is 1. The van der Waals surface area contributed by atoms with Gasteiger partial charge < -0.3 is 0 Å². The molecule has 0 aliphatic heterocycles. The molecule has 2 heteroatoms. The van der Waals surface area contributed by atoms with Gasteiger partial charge in [0.05, 0.1) is 0 Å². The highest BCUT2D eigenvalue weighted by Crippen LogP contribution is 2.11. The Hall–Kier alpha value is -0.500. The molecular formula is C7H10OS. The van der Waals surface area contributed by atoms with Crippen LogP contribution < -0.4 is 0 Å². The molecule has 1 nitrogen and oxygen atoms in total. The highest BCUT2D eigenvalue weighted by atomic mass is 32.2. The lowest BCUT2D eigenvalue weighted by Gasteiger charge is -1.85. The number of aldehydes is 1. The Morgan fingerprint density at radius 1 is 1.78 bits per heavy atom. The summed E-state index contributed by atoms with van der Waals surface area (Å²) in [6.07, 6.45) is 3.74. The Labute approximate surface area is 59.8 Å². The molecule has 0 heterocycles. The summed E-state index contributed by atoms with van der Waals surface area (Å²) < 4.78 is 0. The molecule has 0 bridgehead atoms. The molecule has 0 aliphatic carbocycles. The average Bonchev–Trinajstić information content (AvgIpc) is 1.89. The topological polar surface area (TPSA) is 17.1 Å². The molecule has 0 aliphatic rings. The van der Waals surface area contributed by atoms with Gasteiger partial charge in [-0.15, -0.1) is 0 Å². The van der Waals surface area contributed by atoms with Crippen LogP contribution in [0.5, 0.6) is 0 Å². The summed E-state index contributed by atoms with van der Waals surface area (Å²) in [7, 11) is 0. The van der Waals surface area contributed by atoms with Gasteiger partial charge in [0, 0.05) is 4.91 Å². The molecule has 50 valence electrons. The van der Waals surface area contributed by atoms with Crippen LogP contribution in [0.1, 0.15) is 13.3 Å². The second-order valence-electron chi connectivity index (χ2n) is 1.48. The zero-order chi connectivity index (χ0) is 7.11. The van der Waals surface area contributed by atoms with Crippen molar-refractivity contribution in [1.82, 2.24) is 0 Å². The van der Waals surface area contributed by atoms with Crippen LogP contribution in [0, 0.1) is 0 Å². The molecule has 0 rings (SSSR count). The normalized spacial score (nSPS) is 9.89. The van der Waals surface area contributed by atoms with Gasteiger partial charge in [0.25, 0.3) is 0 Å². The summed E-state index contributed by atoms with van der Waals surface area (Å²) in [5, 5.41) is 1.87. The lowest BCUT2D eigenvalue weighted by Crippen LogP contribution is -1.68. The molecule has 0 atom stereocenters. The van der Waals surface area contributed by atoms with E-state index in [0.29, 0.717) is 4.91 Å². The van der Waals surface area contributed by atoms with Crippen LogP contribution in [0.3, 0.4) is 0 Å². The highest BCUT2D eigenvalue weighted by molar-refractivity contribution is 8.06. The van der Waals surface area contributed by atoms with Crippen LogP contribution in [0.25, 0.3) is 0 Å². The fourth-order valence-corrected chi connectivity index (χ4v) is 0.779. The second kappa shape index (κ2) is 5.63. The maximum absolute atomic E-state index is 9.94. The monoisotopic (exact) mass is 142 g/mol. The van der Waals surface area contributed by atoms with E-state index in [2.05, 4.69) is 6.58 Å². The van der Waals surface area contributed by atoms with E-state index in [0.717, 1.165) is 12.7 Å². The molecule has 0 radical (unpaired) electrons. The van der Waals surface area contributed by atoms with Gasteiger partial charge in [-0.3, -0.25) is 4.79 Å². The Morgan fingerprint density at radius 3 is 2.89 bits per heavy atom. The van der Waals surface area contributed by atoms with Gasteiger partial charge in [0.1, 0.15) is 0 Å². The van der Waals surface area contributed by atoms with Gasteiger partial charge >= 0.3 is 0 Å². The SMILES string of the molecule is C=C(C=O)S/C=C\CC. The quantitative estimate of drug-likeness (QED) is 0.442. The van der Waals surface area contributed by atoms with Gasteiger partial charge in [-0.05, 0) is 11.8 Å². The van der Waals surface area contributed by atoms with Crippen molar-refractivity contribution in [2.45, 2.75) is 13.3 Å². The summed E-state index contributed by atoms with van der Waals surface area (Å²) >= 11 is 1.36. The largest absolute Gasteiger partial charge is 0.297 e. The molecule has 0 N–H and O–H groups in total. The molecule has 9 heavy (non-hydrogen) atoms. The summed E-state index contributed by atoms with van der Waals surface area (Å²) in [5.41, 5.74) is 0. The van der Waals surface area contributed by atoms with Gasteiger partial charge in [0.15, 0.2) is 6.29 Å². The first-order valence-corrected chi connectivity index (χ1v) is 3.65. The molecule has 0 aromatic carbocycles. The van der Waals surface area contributed by atoms with Crippen LogP contribution in [-0.2, 0) is 4.79 Å². The van der Waals surface area contributed by atoms with Gasteiger partial charge in [-0.2, -0.15) is 0 Å². The van der Waals surface area contributed by atoms with E-state index in [-0.39, 0.29) is 0 Å². The van der Waals surface area contributed by atoms with E-state index < -0.39 is 0 Å². The van der Waals surface area contributed by atoms with E-state index in [1.165, 1.54) is 11.8 Å². The summed E-state index contributed by atoms with van der Waals surface area (Å²) in [5.74, 6) is 0. The Morgan fingerprint density at radius 2 is 2.44 bits per heavy atom. The van der Waals surface area contributed by atoms with Gasteiger partial charge in [0.2, 0.25) is 0 Å². The maximum atomic E-state index is 9.94. The third-order valence-electron chi connectivity index (χ3n) is 0.683. The summed E-state index contributed by atoms with van der Waals surface area (Å²) in [4.78, 5) is 10.5. The predicted molar refractivity (Wildman–Crippen MR) is 42.2 cm³/mol. The van der Waals surface area contributed by atoms with E-state index >= 15 is 0 Å². The predicted octanol–water partition coefficient (Wildman–Crippen LogP) is 2.36. The first-order valence-electron chi connectivity index (χ1n) is 2.77. The number of carbonyl (C=O) groups is 1. The standard InChI is InChI=1S/C7H10OS/c1-3-4-5-9-7(2)6-8/h4-6H,2-3H2,1H3/b5-4-. The summed E-state index contributed by atoms with van der Waals surface area (Å²) in [6, 6.07) is 0. The van der Waals surface area contributed by atoms with Crippen molar-refractivity contribution in [3.05, 3.63) is 23.0 Å². The van der Waals surface area contributed by atoms with Crippen LogP contribution >= 0.6 is 11.8 Å². The molecule has 0 saturated carbocycles. The lowest BCUT2D eigenvalue weighted by atomic mass is 10.5. The van der Waals surface area contributed by atoms with Gasteiger partial charge in [-0.1, -0.05) is 31.3 Å². The van der Waals surface area contributed by atoms with E-state index in [1.54, 1.807) is 0 Å². The third kappa shape index (κ3) is 5.37. The smallest absolute Gasteiger partial charge is 0.156 e. The average molecular weight is 142 g/mol. The van der Waals surface area contributed by atoms with Crippen LogP contribution in [0.2, 0.25) is 0 Å². The minimum absolute atomic E-state index is 0.555. The van der Waals surface area contributed by atoms with Crippen molar-refractivity contribution in [3.8, 4) is 0 Å². The Balaban J connectivity index is 3.37. The van der Waals surface area contributed by atoms with Crippen LogP contribution in [0.4, 0.5) is 0 Å². The molecule has 0 saturated heterocycles. The van der Waals surface area contributed by atoms with E-state index in [9.17, 15) is 4.79 Å². The molecule has 0 aromatic rings. The second-order valence-corrected chi connectivity index (χ2v) is 2.51. The number of hydrogen-bond acceptors (Lipinski definition) is 2. The third-order valence-corrected chi connectivity index (χ3v) is 1.41. The van der Waals surface area contributed by atoms with Crippen molar-refractivity contribution in [2.24, 2.45) is 0 Å². The van der Waals surface area contributed by atoms with Crippen molar-refractivity contribution in [2.75, 3.05) is 0 Å². The van der Waals surface area contributed by atoms with Crippen molar-refractivity contribution >= 4 is 18.0 Å². The van der Waals surface area contributed by atoms with Crippen LogP contribution in [0.15, 0.2) is 23.0 Å². The molecule has 0 spiro atoms. The van der Waals surface area contributed by atoms with Crippen molar-refractivity contribution < 1.29 is 4.79 Å². The van der Waals surface area contributed by atoms with Crippen molar-refractivity contribution in [3.63, 3.8) is 0 Å². The first-order chi connectivity index (χ1) is 4.31. The zero-order valence-corrected chi connectivity index (χ0v) is 6.28. The highest BCUT2D eigenvalue weighted by Gasteiger charge is 1.83. The lowest BCUT2D eigenvalue weighted by molar-refractivity contribution is -0.104. The zero-order valence-electron chi connectivity index (χ0n) is 5.46. The number of hydrogen-bond donors (Lipinski definition) is 0. The number of carbonyl (C=O) groups excluding carboxylic acids is 1. The molecule has 0 fully saturated rings. The van der Waals surface area contributed by atoms with E-state index in [4.69, 9.17) is 0 Å². The summed E-state index contributed by atoms with van der Waals surface area (Å²) in [6.45, 7) is 5.53. The molecule has 0 aromatic heterocycles. The maximum Gasteiger partial charge on any atom is 0.156 e. The van der Waals surface area contributed by atoms with Crippen molar-refractivity contribution in [1.29, 1.82) is 0 Å². The van der Waals surface area contributed by atoms with Gasteiger partial charge in [-0.25, -0.2) is 0 Å². The molecular weight excluding hydrogens is 132 g/mol. The Bertz CT molecular complexity index is 127. The van der Waals surface area contributed by atoms with E-state index in [1.807, 2.05) is 18.4 Å². The fraction of sp³-hybridized carbons (Fsp3) is 0.286. The van der Waals surface area contributed by atoms with Crippen LogP contribution in [-0.4, -0.2) is 6.29 Å². The molecule has 0 unspecified atom stereocenters. The fourth-order valence-electron chi connectivity index (χ4n) is 0.260. The number of rotatable bonds is 4. The first kappa shape index (κ1) is 8.50.